The Morgan fingerprint density at radius 2 is 2.07 bits per heavy atom. The summed E-state index contributed by atoms with van der Waals surface area (Å²) in [4.78, 5) is 2.72. The van der Waals surface area contributed by atoms with E-state index in [1.807, 2.05) is 0 Å². The zero-order valence-corrected chi connectivity index (χ0v) is 19.3. The minimum atomic E-state index is 0.332. The molecule has 160 valence electrons. The third-order valence-corrected chi connectivity index (χ3v) is 7.58. The van der Waals surface area contributed by atoms with Gasteiger partial charge in [0.1, 0.15) is 0 Å². The van der Waals surface area contributed by atoms with Crippen molar-refractivity contribution in [2.24, 2.45) is 23.2 Å². The molecular formula is C24H42ClN3. The van der Waals surface area contributed by atoms with Gasteiger partial charge in [-0.25, -0.2) is 0 Å². The van der Waals surface area contributed by atoms with Crippen LogP contribution in [0.3, 0.4) is 0 Å². The molecule has 3 nitrogen and oxygen atoms in total. The van der Waals surface area contributed by atoms with Crippen molar-refractivity contribution in [2.75, 3.05) is 39.3 Å². The minimum Gasteiger partial charge on any atom is -0.316 e. The first kappa shape index (κ1) is 22.3. The molecule has 2 fully saturated rings. The number of piperidine rings is 1. The third kappa shape index (κ3) is 6.08. The minimum absolute atomic E-state index is 0.332. The van der Waals surface area contributed by atoms with Crippen LogP contribution in [0.25, 0.3) is 0 Å². The molecule has 0 amide bonds. The number of nitrogens with one attached hydrogen (secondary N) is 2. The smallest absolute Gasteiger partial charge is 0.0217 e. The van der Waals surface area contributed by atoms with E-state index in [2.05, 4.69) is 55.4 Å². The maximum absolute atomic E-state index is 6.18. The lowest BCUT2D eigenvalue weighted by Gasteiger charge is -2.47. The van der Waals surface area contributed by atoms with E-state index < -0.39 is 0 Å². The van der Waals surface area contributed by atoms with Crippen molar-refractivity contribution >= 4 is 11.6 Å². The summed E-state index contributed by atoms with van der Waals surface area (Å²) in [7, 11) is 0. The van der Waals surface area contributed by atoms with Gasteiger partial charge in [0.25, 0.3) is 0 Å². The lowest BCUT2D eigenvalue weighted by molar-refractivity contribution is 0.0604. The van der Waals surface area contributed by atoms with Gasteiger partial charge in [-0.15, -0.1) is 0 Å². The Hall–Kier alpha value is -0.350. The molecule has 0 spiro atoms. The molecule has 3 atom stereocenters. The van der Waals surface area contributed by atoms with Crippen LogP contribution in [0.2, 0.25) is 0 Å². The Labute approximate surface area is 178 Å². The highest BCUT2D eigenvalue weighted by atomic mass is 35.5. The second-order valence-corrected chi connectivity index (χ2v) is 10.9. The van der Waals surface area contributed by atoms with Crippen LogP contribution in [-0.2, 0) is 0 Å². The van der Waals surface area contributed by atoms with E-state index >= 15 is 0 Å². The van der Waals surface area contributed by atoms with E-state index in [1.165, 1.54) is 52.0 Å². The first-order chi connectivity index (χ1) is 13.3. The van der Waals surface area contributed by atoms with Gasteiger partial charge in [-0.1, -0.05) is 50.9 Å². The van der Waals surface area contributed by atoms with Gasteiger partial charge in [0, 0.05) is 24.2 Å². The second-order valence-electron chi connectivity index (χ2n) is 10.4. The van der Waals surface area contributed by atoms with E-state index in [0.717, 1.165) is 30.3 Å². The van der Waals surface area contributed by atoms with Crippen molar-refractivity contribution < 1.29 is 0 Å². The highest BCUT2D eigenvalue weighted by Gasteiger charge is 2.38. The molecule has 2 N–H and O–H groups in total. The summed E-state index contributed by atoms with van der Waals surface area (Å²) in [5, 5.41) is 8.40. The average Bonchev–Trinajstić information content (AvgIpc) is 3.14. The van der Waals surface area contributed by atoms with Gasteiger partial charge >= 0.3 is 0 Å². The van der Waals surface area contributed by atoms with Crippen LogP contribution in [0, 0.1) is 23.2 Å². The molecule has 2 saturated heterocycles. The summed E-state index contributed by atoms with van der Waals surface area (Å²) >= 11 is 6.18. The van der Waals surface area contributed by atoms with Gasteiger partial charge in [0.2, 0.25) is 0 Å². The Morgan fingerprint density at radius 1 is 1.25 bits per heavy atom. The van der Waals surface area contributed by atoms with Crippen LogP contribution in [0.4, 0.5) is 0 Å². The fraction of sp³-hybridized carbons (Fsp3) is 0.833. The molecule has 3 rings (SSSR count). The average molecular weight is 408 g/mol. The highest BCUT2D eigenvalue weighted by molar-refractivity contribution is 6.29. The number of rotatable bonds is 8. The zero-order valence-electron chi connectivity index (χ0n) is 18.6. The summed E-state index contributed by atoms with van der Waals surface area (Å²) in [6.07, 6.45) is 10.6. The topological polar surface area (TPSA) is 27.3 Å². The molecule has 0 aromatic carbocycles. The van der Waals surface area contributed by atoms with Gasteiger partial charge in [0.05, 0.1) is 0 Å². The lowest BCUT2D eigenvalue weighted by Crippen LogP contribution is -2.52. The number of allylic oxidation sites excluding steroid dienone is 4. The highest BCUT2D eigenvalue weighted by Crippen LogP contribution is 2.42. The summed E-state index contributed by atoms with van der Waals surface area (Å²) in [5.41, 5.74) is 1.96. The monoisotopic (exact) mass is 407 g/mol. The maximum atomic E-state index is 6.18. The lowest BCUT2D eigenvalue weighted by atomic mass is 9.68. The van der Waals surface area contributed by atoms with Crippen LogP contribution in [0.5, 0.6) is 0 Å². The molecule has 0 radical (unpaired) electrons. The third-order valence-electron chi connectivity index (χ3n) is 7.27. The van der Waals surface area contributed by atoms with Crippen molar-refractivity contribution in [3.8, 4) is 0 Å². The first-order valence-corrected chi connectivity index (χ1v) is 11.9. The molecule has 4 heteroatoms. The van der Waals surface area contributed by atoms with Crippen molar-refractivity contribution in [3.63, 3.8) is 0 Å². The van der Waals surface area contributed by atoms with Crippen LogP contribution >= 0.6 is 11.6 Å². The van der Waals surface area contributed by atoms with Gasteiger partial charge in [0.15, 0.2) is 0 Å². The predicted molar refractivity (Wildman–Crippen MR) is 122 cm³/mol. The van der Waals surface area contributed by atoms with Gasteiger partial charge < -0.3 is 15.5 Å². The van der Waals surface area contributed by atoms with Crippen LogP contribution in [-0.4, -0.2) is 50.2 Å². The molecule has 0 saturated carbocycles. The Bertz CT molecular complexity index is 560. The molecule has 0 aromatic rings. The molecule has 1 aliphatic carbocycles. The Kier molecular flexibility index (Phi) is 8.06. The molecule has 1 unspecified atom stereocenters. The fourth-order valence-electron chi connectivity index (χ4n) is 5.45. The van der Waals surface area contributed by atoms with Gasteiger partial charge in [-0.2, -0.15) is 0 Å². The van der Waals surface area contributed by atoms with E-state index in [9.17, 15) is 0 Å². The number of nitrogens with zero attached hydrogens (tertiary/aromatic N) is 1. The quantitative estimate of drug-likeness (QED) is 0.605. The summed E-state index contributed by atoms with van der Waals surface area (Å²) in [6, 6.07) is 0.595. The maximum Gasteiger partial charge on any atom is 0.0217 e. The van der Waals surface area contributed by atoms with Crippen LogP contribution in [0.1, 0.15) is 59.8 Å². The molecule has 28 heavy (non-hydrogen) atoms. The zero-order chi connectivity index (χ0) is 20.1. The van der Waals surface area contributed by atoms with Gasteiger partial charge in [-0.05, 0) is 87.5 Å². The van der Waals surface area contributed by atoms with Crippen LogP contribution < -0.4 is 10.6 Å². The Morgan fingerprint density at radius 3 is 2.68 bits per heavy atom. The fourth-order valence-corrected chi connectivity index (χ4v) is 5.61. The molecule has 0 aromatic heterocycles. The number of likely N-dealkylation sites (tertiary alicyclic amines) is 1. The van der Waals surface area contributed by atoms with Gasteiger partial charge in [-0.3, -0.25) is 0 Å². The number of halogens is 1. The summed E-state index contributed by atoms with van der Waals surface area (Å²) in [6.45, 7) is 16.9. The second kappa shape index (κ2) is 10.1. The SMILES string of the molecule is CC(C)[C@H](CN1CCC(C2=CC=C(Cl)CC2)C(C)(C)C1)NCC[C@@H]1CCNC1. The molecular weight excluding hydrogens is 366 g/mol. The largest absolute Gasteiger partial charge is 0.316 e. The molecule has 2 aliphatic heterocycles. The van der Waals surface area contributed by atoms with E-state index in [-0.39, 0.29) is 0 Å². The van der Waals surface area contributed by atoms with E-state index in [0.29, 0.717) is 23.3 Å². The Balaban J connectivity index is 1.50. The molecule has 3 aliphatic rings. The van der Waals surface area contributed by atoms with Crippen molar-refractivity contribution in [3.05, 3.63) is 22.8 Å². The number of hydrogen-bond donors (Lipinski definition) is 2. The normalized spacial score (nSPS) is 29.6. The van der Waals surface area contributed by atoms with Crippen LogP contribution in [0.15, 0.2) is 22.8 Å². The standard InChI is InChI=1S/C24H42ClN3/c1-18(2)23(27-13-10-19-9-12-26-15-19)16-28-14-11-22(24(3,4)17-28)20-5-7-21(25)8-6-20/h5,7,18-19,22-23,26-27H,6,8-17H2,1-4H3/t19-,22?,23-/m0/s1. The summed E-state index contributed by atoms with van der Waals surface area (Å²) in [5.74, 6) is 2.25. The predicted octanol–water partition coefficient (Wildman–Crippen LogP) is 4.79. The number of hydrogen-bond acceptors (Lipinski definition) is 3. The van der Waals surface area contributed by atoms with Crippen molar-refractivity contribution in [1.29, 1.82) is 0 Å². The summed E-state index contributed by atoms with van der Waals surface area (Å²) < 4.78 is 0. The first-order valence-electron chi connectivity index (χ1n) is 11.6. The van der Waals surface area contributed by atoms with Crippen molar-refractivity contribution in [2.45, 2.75) is 65.8 Å². The molecule has 2 heterocycles. The van der Waals surface area contributed by atoms with Crippen molar-refractivity contribution in [1.82, 2.24) is 15.5 Å². The molecule has 0 bridgehead atoms. The van der Waals surface area contributed by atoms with E-state index in [4.69, 9.17) is 11.6 Å². The van der Waals surface area contributed by atoms with E-state index in [1.54, 1.807) is 5.57 Å².